The van der Waals surface area contributed by atoms with Gasteiger partial charge in [0.05, 0.1) is 11.4 Å². The van der Waals surface area contributed by atoms with Gasteiger partial charge < -0.3 is 10.6 Å². The molecule has 27 heavy (non-hydrogen) atoms. The SMILES string of the molecule is CN=C(NCCc1ccc(S(C)(=O)=O)cc1)NCc1nnc2ccccn12. The summed E-state index contributed by atoms with van der Waals surface area (Å²) < 4.78 is 24.9. The molecule has 0 fully saturated rings. The third-order valence-electron chi connectivity index (χ3n) is 4.08. The standard InChI is InChI=1S/C18H22N6O2S/c1-19-18(21-13-17-23-22-16-5-3-4-12-24(16)17)20-11-10-14-6-8-15(9-7-14)27(2,25)26/h3-9,12H,10-11,13H2,1-2H3,(H2,19,20,21). The van der Waals surface area contributed by atoms with Crippen LogP contribution in [0.2, 0.25) is 0 Å². The quantitative estimate of drug-likeness (QED) is 0.485. The van der Waals surface area contributed by atoms with Crippen LogP contribution in [0.1, 0.15) is 11.4 Å². The van der Waals surface area contributed by atoms with E-state index in [1.165, 1.54) is 6.26 Å². The van der Waals surface area contributed by atoms with Crippen molar-refractivity contribution >= 4 is 21.4 Å². The van der Waals surface area contributed by atoms with Gasteiger partial charge in [-0.05, 0) is 36.2 Å². The minimum absolute atomic E-state index is 0.331. The highest BCUT2D eigenvalue weighted by atomic mass is 32.2. The van der Waals surface area contributed by atoms with Gasteiger partial charge in [-0.1, -0.05) is 18.2 Å². The van der Waals surface area contributed by atoms with Crippen LogP contribution in [0.25, 0.3) is 5.65 Å². The maximum Gasteiger partial charge on any atom is 0.191 e. The van der Waals surface area contributed by atoms with Crippen molar-refractivity contribution in [3.05, 3.63) is 60.0 Å². The highest BCUT2D eigenvalue weighted by Crippen LogP contribution is 2.10. The fourth-order valence-corrected chi connectivity index (χ4v) is 3.25. The molecule has 3 aromatic rings. The second-order valence-corrected chi connectivity index (χ2v) is 8.08. The van der Waals surface area contributed by atoms with Crippen molar-refractivity contribution in [2.75, 3.05) is 19.8 Å². The molecular weight excluding hydrogens is 364 g/mol. The molecule has 2 aromatic heterocycles. The first kappa shape index (κ1) is 18.8. The molecule has 2 N–H and O–H groups in total. The molecule has 0 aliphatic rings. The van der Waals surface area contributed by atoms with Gasteiger partial charge in [-0.15, -0.1) is 10.2 Å². The van der Waals surface area contributed by atoms with Gasteiger partial charge in [0.2, 0.25) is 0 Å². The van der Waals surface area contributed by atoms with Crippen molar-refractivity contribution < 1.29 is 8.42 Å². The lowest BCUT2D eigenvalue weighted by molar-refractivity contribution is 0.602. The van der Waals surface area contributed by atoms with E-state index in [0.29, 0.717) is 23.9 Å². The molecule has 0 unspecified atom stereocenters. The lowest BCUT2D eigenvalue weighted by atomic mass is 10.1. The predicted molar refractivity (Wildman–Crippen MR) is 104 cm³/mol. The van der Waals surface area contributed by atoms with Crippen LogP contribution in [0, 0.1) is 0 Å². The molecule has 0 amide bonds. The molecule has 0 bridgehead atoms. The minimum atomic E-state index is -3.16. The predicted octanol–water partition coefficient (Wildman–Crippen LogP) is 1.04. The third kappa shape index (κ3) is 4.82. The van der Waals surface area contributed by atoms with Crippen molar-refractivity contribution in [2.45, 2.75) is 17.9 Å². The van der Waals surface area contributed by atoms with Crippen LogP contribution in [-0.2, 0) is 22.8 Å². The number of benzene rings is 1. The first-order valence-corrected chi connectivity index (χ1v) is 10.4. The van der Waals surface area contributed by atoms with Gasteiger partial charge in [0.1, 0.15) is 0 Å². The first-order valence-electron chi connectivity index (χ1n) is 8.49. The van der Waals surface area contributed by atoms with Crippen molar-refractivity contribution in [1.29, 1.82) is 0 Å². The van der Waals surface area contributed by atoms with Gasteiger partial charge in [-0.2, -0.15) is 0 Å². The fourth-order valence-electron chi connectivity index (χ4n) is 2.62. The summed E-state index contributed by atoms with van der Waals surface area (Å²) in [6.07, 6.45) is 3.87. The Morgan fingerprint density at radius 2 is 1.89 bits per heavy atom. The van der Waals surface area contributed by atoms with E-state index in [4.69, 9.17) is 0 Å². The smallest absolute Gasteiger partial charge is 0.191 e. The van der Waals surface area contributed by atoms with Crippen molar-refractivity contribution in [3.8, 4) is 0 Å². The van der Waals surface area contributed by atoms with E-state index in [9.17, 15) is 8.42 Å². The Bertz CT molecular complexity index is 1040. The van der Waals surface area contributed by atoms with Crippen LogP contribution >= 0.6 is 0 Å². The number of pyridine rings is 1. The Balaban J connectivity index is 1.51. The van der Waals surface area contributed by atoms with Crippen LogP contribution in [0.5, 0.6) is 0 Å². The summed E-state index contributed by atoms with van der Waals surface area (Å²) in [6.45, 7) is 1.16. The number of fused-ring (bicyclic) bond motifs is 1. The molecule has 0 saturated heterocycles. The van der Waals surface area contributed by atoms with E-state index in [1.807, 2.05) is 40.9 Å². The lowest BCUT2D eigenvalue weighted by Crippen LogP contribution is -2.38. The number of nitrogens with one attached hydrogen (secondary N) is 2. The minimum Gasteiger partial charge on any atom is -0.356 e. The molecule has 0 saturated carbocycles. The van der Waals surface area contributed by atoms with Gasteiger partial charge in [-0.3, -0.25) is 9.39 Å². The van der Waals surface area contributed by atoms with E-state index >= 15 is 0 Å². The zero-order valence-electron chi connectivity index (χ0n) is 15.3. The van der Waals surface area contributed by atoms with Gasteiger partial charge in [0, 0.05) is 26.0 Å². The van der Waals surface area contributed by atoms with E-state index in [0.717, 1.165) is 23.5 Å². The van der Waals surface area contributed by atoms with Gasteiger partial charge in [-0.25, -0.2) is 8.42 Å². The molecule has 8 nitrogen and oxygen atoms in total. The number of guanidine groups is 1. The average molecular weight is 386 g/mol. The molecule has 0 spiro atoms. The second-order valence-electron chi connectivity index (χ2n) is 6.06. The summed E-state index contributed by atoms with van der Waals surface area (Å²) in [5.74, 6) is 1.46. The first-order chi connectivity index (χ1) is 13.0. The molecule has 0 aliphatic heterocycles. The zero-order chi connectivity index (χ0) is 19.3. The maximum atomic E-state index is 11.5. The third-order valence-corrected chi connectivity index (χ3v) is 5.21. The summed E-state index contributed by atoms with van der Waals surface area (Å²) >= 11 is 0. The number of rotatable bonds is 6. The largest absolute Gasteiger partial charge is 0.356 e. The van der Waals surface area contributed by atoms with E-state index in [2.05, 4.69) is 25.8 Å². The highest BCUT2D eigenvalue weighted by molar-refractivity contribution is 7.90. The van der Waals surface area contributed by atoms with Crippen LogP contribution in [0.4, 0.5) is 0 Å². The molecule has 0 atom stereocenters. The molecule has 0 aliphatic carbocycles. The summed E-state index contributed by atoms with van der Waals surface area (Å²) in [7, 11) is -1.45. The molecule has 3 rings (SSSR count). The van der Waals surface area contributed by atoms with Crippen LogP contribution in [0.3, 0.4) is 0 Å². The lowest BCUT2D eigenvalue weighted by Gasteiger charge is -2.11. The topological polar surface area (TPSA) is 101 Å². The molecule has 142 valence electrons. The summed E-state index contributed by atoms with van der Waals surface area (Å²) in [5, 5.41) is 14.7. The molecule has 1 aromatic carbocycles. The number of hydrogen-bond acceptors (Lipinski definition) is 5. The number of aliphatic imine (C=N–C) groups is 1. The Morgan fingerprint density at radius 3 is 2.59 bits per heavy atom. The molecular formula is C18H22N6O2S. The summed E-state index contributed by atoms with van der Waals surface area (Å²) in [5.41, 5.74) is 1.85. The van der Waals surface area contributed by atoms with Gasteiger partial charge >= 0.3 is 0 Å². The Kier molecular flexibility index (Phi) is 5.70. The van der Waals surface area contributed by atoms with Crippen LogP contribution in [-0.4, -0.2) is 48.8 Å². The van der Waals surface area contributed by atoms with Crippen molar-refractivity contribution in [2.24, 2.45) is 4.99 Å². The monoisotopic (exact) mass is 386 g/mol. The normalized spacial score (nSPS) is 12.3. The zero-order valence-corrected chi connectivity index (χ0v) is 16.1. The maximum absolute atomic E-state index is 11.5. The Labute approximate surface area is 158 Å². The second kappa shape index (κ2) is 8.17. The van der Waals surface area contributed by atoms with E-state index < -0.39 is 9.84 Å². The van der Waals surface area contributed by atoms with Crippen molar-refractivity contribution in [1.82, 2.24) is 25.2 Å². The van der Waals surface area contributed by atoms with Crippen molar-refractivity contribution in [3.63, 3.8) is 0 Å². The summed E-state index contributed by atoms with van der Waals surface area (Å²) in [6, 6.07) is 12.7. The van der Waals surface area contributed by atoms with Gasteiger partial charge in [0.15, 0.2) is 27.3 Å². The number of hydrogen-bond donors (Lipinski definition) is 2. The molecule has 9 heteroatoms. The molecule has 0 radical (unpaired) electrons. The summed E-state index contributed by atoms with van der Waals surface area (Å²) in [4.78, 5) is 4.53. The Hall–Kier alpha value is -2.94. The number of aromatic nitrogens is 3. The van der Waals surface area contributed by atoms with E-state index in [1.54, 1.807) is 19.2 Å². The average Bonchev–Trinajstić information content (AvgIpc) is 3.07. The number of nitrogens with zero attached hydrogens (tertiary/aromatic N) is 4. The number of sulfone groups is 1. The fraction of sp³-hybridized carbons (Fsp3) is 0.278. The molecule has 2 heterocycles. The Morgan fingerprint density at radius 1 is 1.11 bits per heavy atom. The van der Waals surface area contributed by atoms with Crippen LogP contribution < -0.4 is 10.6 Å². The van der Waals surface area contributed by atoms with E-state index in [-0.39, 0.29) is 0 Å². The van der Waals surface area contributed by atoms with Gasteiger partial charge in [0.25, 0.3) is 0 Å². The van der Waals surface area contributed by atoms with Crippen LogP contribution in [0.15, 0.2) is 58.5 Å². The highest BCUT2D eigenvalue weighted by Gasteiger charge is 2.07.